The van der Waals surface area contributed by atoms with Gasteiger partial charge >= 0.3 is 6.01 Å². The fraction of sp³-hybridized carbons (Fsp3) is 0.381. The maximum absolute atomic E-state index is 6.12. The Balaban J connectivity index is 2.17. The van der Waals surface area contributed by atoms with Gasteiger partial charge < -0.3 is 9.47 Å². The van der Waals surface area contributed by atoms with Crippen LogP contribution in [0.4, 0.5) is 0 Å². The van der Waals surface area contributed by atoms with Gasteiger partial charge in [-0.15, -0.1) is 0 Å². The zero-order valence-corrected chi connectivity index (χ0v) is 15.7. The highest BCUT2D eigenvalue weighted by atomic mass is 16.5. The van der Waals surface area contributed by atoms with Gasteiger partial charge in [-0.2, -0.15) is 4.98 Å². The standard InChI is InChI=1S/C21H26N2O2/c1-6-15(7-2)16-12-13-18(24-5)19-20(16)23(4)21(22-19)25-17-11-9-8-10-14(17)3/h8-13,15H,6-7H2,1-5H3. The van der Waals surface area contributed by atoms with E-state index in [2.05, 4.69) is 19.9 Å². The topological polar surface area (TPSA) is 36.3 Å². The van der Waals surface area contributed by atoms with Crippen LogP contribution in [-0.2, 0) is 7.05 Å². The lowest BCUT2D eigenvalue weighted by Crippen LogP contribution is -2.01. The Bertz CT molecular complexity index is 879. The van der Waals surface area contributed by atoms with Gasteiger partial charge in [0.2, 0.25) is 0 Å². The molecule has 3 aromatic rings. The Morgan fingerprint density at radius 3 is 2.40 bits per heavy atom. The number of rotatable bonds is 6. The zero-order chi connectivity index (χ0) is 18.0. The van der Waals surface area contributed by atoms with Crippen molar-refractivity contribution < 1.29 is 9.47 Å². The van der Waals surface area contributed by atoms with E-state index in [1.165, 1.54) is 5.56 Å². The predicted octanol–water partition coefficient (Wildman–Crippen LogP) is 5.59. The van der Waals surface area contributed by atoms with Crippen molar-refractivity contribution in [1.82, 2.24) is 9.55 Å². The molecule has 0 fully saturated rings. The second-order valence-corrected chi connectivity index (χ2v) is 6.39. The second-order valence-electron chi connectivity index (χ2n) is 6.39. The molecule has 25 heavy (non-hydrogen) atoms. The summed E-state index contributed by atoms with van der Waals surface area (Å²) in [5, 5.41) is 0. The average Bonchev–Trinajstić information content (AvgIpc) is 2.95. The van der Waals surface area contributed by atoms with Crippen LogP contribution in [0.3, 0.4) is 0 Å². The minimum absolute atomic E-state index is 0.495. The van der Waals surface area contributed by atoms with E-state index in [0.29, 0.717) is 11.9 Å². The molecular formula is C21H26N2O2. The summed E-state index contributed by atoms with van der Waals surface area (Å²) in [4.78, 5) is 4.75. The van der Waals surface area contributed by atoms with Gasteiger partial charge in [0.1, 0.15) is 17.0 Å². The van der Waals surface area contributed by atoms with E-state index in [-0.39, 0.29) is 0 Å². The minimum Gasteiger partial charge on any atom is -0.494 e. The second kappa shape index (κ2) is 7.18. The third-order valence-corrected chi connectivity index (χ3v) is 4.92. The van der Waals surface area contributed by atoms with Crippen LogP contribution in [0.15, 0.2) is 36.4 Å². The van der Waals surface area contributed by atoms with Crippen molar-refractivity contribution in [3.8, 4) is 17.5 Å². The first kappa shape index (κ1) is 17.3. The van der Waals surface area contributed by atoms with E-state index in [9.17, 15) is 0 Å². The van der Waals surface area contributed by atoms with E-state index in [1.807, 2.05) is 48.9 Å². The highest BCUT2D eigenvalue weighted by Crippen LogP contribution is 2.37. The highest BCUT2D eigenvalue weighted by Gasteiger charge is 2.21. The molecule has 4 heteroatoms. The van der Waals surface area contributed by atoms with Crippen molar-refractivity contribution in [1.29, 1.82) is 0 Å². The number of fused-ring (bicyclic) bond motifs is 1. The molecule has 0 aliphatic heterocycles. The van der Waals surface area contributed by atoms with Crippen molar-refractivity contribution in [2.45, 2.75) is 39.5 Å². The Morgan fingerprint density at radius 1 is 1.04 bits per heavy atom. The largest absolute Gasteiger partial charge is 0.494 e. The molecule has 1 aromatic heterocycles. The van der Waals surface area contributed by atoms with E-state index in [4.69, 9.17) is 14.5 Å². The average molecular weight is 338 g/mol. The van der Waals surface area contributed by atoms with Gasteiger partial charge in [-0.3, -0.25) is 4.57 Å². The Morgan fingerprint density at radius 2 is 1.76 bits per heavy atom. The molecule has 1 heterocycles. The quantitative estimate of drug-likeness (QED) is 0.588. The molecular weight excluding hydrogens is 312 g/mol. The van der Waals surface area contributed by atoms with E-state index in [1.54, 1.807) is 7.11 Å². The number of hydrogen-bond acceptors (Lipinski definition) is 3. The van der Waals surface area contributed by atoms with Crippen molar-refractivity contribution in [3.05, 3.63) is 47.5 Å². The number of aromatic nitrogens is 2. The summed E-state index contributed by atoms with van der Waals surface area (Å²) in [7, 11) is 3.69. The lowest BCUT2D eigenvalue weighted by atomic mass is 9.92. The maximum atomic E-state index is 6.12. The third kappa shape index (κ3) is 3.09. The smallest absolute Gasteiger partial charge is 0.302 e. The van der Waals surface area contributed by atoms with E-state index >= 15 is 0 Å². The summed E-state index contributed by atoms with van der Waals surface area (Å²) in [5.74, 6) is 2.10. The van der Waals surface area contributed by atoms with Gasteiger partial charge in [-0.25, -0.2) is 0 Å². The molecule has 0 atom stereocenters. The summed E-state index contributed by atoms with van der Waals surface area (Å²) >= 11 is 0. The molecule has 0 bridgehead atoms. The number of nitrogens with zero attached hydrogens (tertiary/aromatic N) is 2. The first-order valence-electron chi connectivity index (χ1n) is 8.87. The molecule has 0 saturated carbocycles. The number of benzene rings is 2. The number of hydrogen-bond donors (Lipinski definition) is 0. The number of methoxy groups -OCH3 is 1. The van der Waals surface area contributed by atoms with Crippen molar-refractivity contribution in [2.24, 2.45) is 7.05 Å². The molecule has 132 valence electrons. The summed E-state index contributed by atoms with van der Waals surface area (Å²) in [6.45, 7) is 6.49. The van der Waals surface area contributed by atoms with Crippen molar-refractivity contribution >= 4 is 11.0 Å². The van der Waals surface area contributed by atoms with Gasteiger partial charge in [-0.1, -0.05) is 38.1 Å². The normalized spacial score (nSPS) is 11.3. The lowest BCUT2D eigenvalue weighted by Gasteiger charge is -2.16. The van der Waals surface area contributed by atoms with Crippen LogP contribution in [-0.4, -0.2) is 16.7 Å². The molecule has 3 rings (SSSR count). The number of ether oxygens (including phenoxy) is 2. The van der Waals surface area contributed by atoms with E-state index < -0.39 is 0 Å². The molecule has 2 aromatic carbocycles. The molecule has 0 amide bonds. The summed E-state index contributed by atoms with van der Waals surface area (Å²) in [6, 6.07) is 12.7. The van der Waals surface area contributed by atoms with Crippen LogP contribution in [0.25, 0.3) is 11.0 Å². The van der Waals surface area contributed by atoms with E-state index in [0.717, 1.165) is 40.9 Å². The molecule has 0 N–H and O–H groups in total. The Hall–Kier alpha value is -2.49. The molecule has 0 unspecified atom stereocenters. The Labute approximate surface area is 149 Å². The van der Waals surface area contributed by atoms with Crippen LogP contribution < -0.4 is 9.47 Å². The first-order chi connectivity index (χ1) is 12.1. The SMILES string of the molecule is CCC(CC)c1ccc(OC)c2nc(Oc3ccccc3C)n(C)c12. The lowest BCUT2D eigenvalue weighted by molar-refractivity contribution is 0.415. The van der Waals surface area contributed by atoms with Crippen molar-refractivity contribution in [3.63, 3.8) is 0 Å². The number of para-hydroxylation sites is 1. The summed E-state index contributed by atoms with van der Waals surface area (Å²) in [5.41, 5.74) is 4.34. The molecule has 0 radical (unpaired) electrons. The highest BCUT2D eigenvalue weighted by molar-refractivity contribution is 5.86. The predicted molar refractivity (Wildman–Crippen MR) is 102 cm³/mol. The number of aryl methyl sites for hydroxylation is 2. The summed E-state index contributed by atoms with van der Waals surface area (Å²) in [6.07, 6.45) is 2.19. The minimum atomic E-state index is 0.495. The van der Waals surface area contributed by atoms with Crippen molar-refractivity contribution in [2.75, 3.05) is 7.11 Å². The molecule has 0 spiro atoms. The fourth-order valence-electron chi connectivity index (χ4n) is 3.39. The van der Waals surface area contributed by atoms with Gasteiger partial charge in [0.25, 0.3) is 0 Å². The third-order valence-electron chi connectivity index (χ3n) is 4.92. The fourth-order valence-corrected chi connectivity index (χ4v) is 3.39. The molecule has 0 saturated heterocycles. The monoisotopic (exact) mass is 338 g/mol. The van der Waals surface area contributed by atoms with Gasteiger partial charge in [-0.05, 0) is 48.9 Å². The zero-order valence-electron chi connectivity index (χ0n) is 15.7. The number of imidazole rings is 1. The van der Waals surface area contributed by atoms with Crippen LogP contribution in [0.2, 0.25) is 0 Å². The van der Waals surface area contributed by atoms with Gasteiger partial charge in [0, 0.05) is 7.05 Å². The van der Waals surface area contributed by atoms with Gasteiger partial charge in [0.05, 0.1) is 12.6 Å². The van der Waals surface area contributed by atoms with Crippen LogP contribution >= 0.6 is 0 Å². The summed E-state index contributed by atoms with van der Waals surface area (Å²) < 4.78 is 13.7. The van der Waals surface area contributed by atoms with Crippen LogP contribution in [0, 0.1) is 6.92 Å². The van der Waals surface area contributed by atoms with Crippen LogP contribution in [0.5, 0.6) is 17.5 Å². The molecule has 0 aliphatic carbocycles. The molecule has 4 nitrogen and oxygen atoms in total. The first-order valence-corrected chi connectivity index (χ1v) is 8.87. The van der Waals surface area contributed by atoms with Gasteiger partial charge in [0.15, 0.2) is 0 Å². The maximum Gasteiger partial charge on any atom is 0.302 e. The van der Waals surface area contributed by atoms with Crippen LogP contribution in [0.1, 0.15) is 43.7 Å². The Kier molecular flexibility index (Phi) is 4.98. The molecule has 0 aliphatic rings.